The van der Waals surface area contributed by atoms with E-state index in [0.717, 1.165) is 25.0 Å². The van der Waals surface area contributed by atoms with E-state index < -0.39 is 5.54 Å². The highest BCUT2D eigenvalue weighted by Gasteiger charge is 2.48. The molecule has 1 saturated carbocycles. The Bertz CT molecular complexity index is 839. The van der Waals surface area contributed by atoms with Gasteiger partial charge in [-0.3, -0.25) is 9.79 Å². The summed E-state index contributed by atoms with van der Waals surface area (Å²) in [5.41, 5.74) is 6.42. The molecule has 2 aromatic rings. The van der Waals surface area contributed by atoms with Crippen LogP contribution in [0.4, 0.5) is 10.1 Å². The Morgan fingerprint density at radius 1 is 1.44 bits per heavy atom. The number of thioether (sulfide) groups is 1. The number of hydrogen-bond donors (Lipinski definition) is 2. The minimum Gasteiger partial charge on any atom is -0.379 e. The number of carbonyl (C=O) groups excluding carboxylic acids is 1. The highest BCUT2D eigenvalue weighted by Crippen LogP contribution is 2.51. The van der Waals surface area contributed by atoms with E-state index in [1.165, 1.54) is 29.2 Å². The number of thiazole rings is 1. The number of aromatic nitrogens is 1. The summed E-state index contributed by atoms with van der Waals surface area (Å²) < 4.78 is 14.7. The highest BCUT2D eigenvalue weighted by atomic mass is 32.2. The Morgan fingerprint density at radius 2 is 2.32 bits per heavy atom. The molecule has 130 valence electrons. The van der Waals surface area contributed by atoms with Gasteiger partial charge in [-0.05, 0) is 37.0 Å². The summed E-state index contributed by atoms with van der Waals surface area (Å²) in [6.45, 7) is 0. The fourth-order valence-electron chi connectivity index (χ4n) is 3.71. The molecule has 2 unspecified atom stereocenters. The molecule has 25 heavy (non-hydrogen) atoms. The third-order valence-electron chi connectivity index (χ3n) is 4.85. The number of hydrogen-bond acceptors (Lipinski definition) is 6. The quantitative estimate of drug-likeness (QED) is 0.858. The number of amidine groups is 1. The largest absolute Gasteiger partial charge is 0.379 e. The second-order valence-electron chi connectivity index (χ2n) is 6.26. The van der Waals surface area contributed by atoms with Crippen LogP contribution in [-0.2, 0) is 5.54 Å². The van der Waals surface area contributed by atoms with Crippen molar-refractivity contribution in [1.29, 1.82) is 0 Å². The van der Waals surface area contributed by atoms with Crippen molar-refractivity contribution in [1.82, 2.24) is 4.98 Å². The summed E-state index contributed by atoms with van der Waals surface area (Å²) in [7, 11) is 0. The summed E-state index contributed by atoms with van der Waals surface area (Å²) in [6, 6.07) is 4.66. The molecule has 0 spiro atoms. The molecular weight excluding hydrogens is 359 g/mol. The SMILES string of the molecule is NC1=NC2(c3cc(NC(=O)c4nccs4)ccc3F)CCCC2CS1. The fourth-order valence-corrected chi connectivity index (χ4v) is 5.29. The van der Waals surface area contributed by atoms with Crippen LogP contribution in [0.5, 0.6) is 0 Å². The number of nitrogens with two attached hydrogens (primary N) is 1. The zero-order valence-electron chi connectivity index (χ0n) is 13.4. The summed E-state index contributed by atoms with van der Waals surface area (Å²) >= 11 is 2.80. The number of nitrogens with one attached hydrogen (secondary N) is 1. The van der Waals surface area contributed by atoms with E-state index in [1.54, 1.807) is 23.7 Å². The fraction of sp³-hybridized carbons (Fsp3) is 0.353. The molecule has 1 fully saturated rings. The first-order valence-corrected chi connectivity index (χ1v) is 9.94. The van der Waals surface area contributed by atoms with Gasteiger partial charge in [0.2, 0.25) is 0 Å². The van der Waals surface area contributed by atoms with Crippen molar-refractivity contribution in [3.05, 3.63) is 46.2 Å². The van der Waals surface area contributed by atoms with Crippen LogP contribution in [0.3, 0.4) is 0 Å². The molecule has 1 aromatic carbocycles. The molecule has 2 heterocycles. The topological polar surface area (TPSA) is 80.4 Å². The summed E-state index contributed by atoms with van der Waals surface area (Å²) in [5, 5.41) is 5.42. The van der Waals surface area contributed by atoms with Crippen LogP contribution in [0, 0.1) is 11.7 Å². The van der Waals surface area contributed by atoms with Crippen molar-refractivity contribution < 1.29 is 9.18 Å². The van der Waals surface area contributed by atoms with Gasteiger partial charge in [0.05, 0.1) is 5.54 Å². The monoisotopic (exact) mass is 376 g/mol. The molecule has 4 rings (SSSR count). The van der Waals surface area contributed by atoms with Gasteiger partial charge in [-0.1, -0.05) is 18.2 Å². The molecule has 1 aliphatic carbocycles. The van der Waals surface area contributed by atoms with Crippen molar-refractivity contribution in [2.45, 2.75) is 24.8 Å². The number of anilines is 1. The average molecular weight is 376 g/mol. The Morgan fingerprint density at radius 3 is 3.12 bits per heavy atom. The van der Waals surface area contributed by atoms with Gasteiger partial charge in [-0.15, -0.1) is 11.3 Å². The number of rotatable bonds is 3. The second kappa shape index (κ2) is 6.42. The van der Waals surface area contributed by atoms with E-state index in [-0.39, 0.29) is 17.6 Å². The van der Waals surface area contributed by atoms with Crippen molar-refractivity contribution >= 4 is 39.9 Å². The Kier molecular flexibility index (Phi) is 4.24. The number of amides is 1. The molecule has 3 N–H and O–H groups in total. The van der Waals surface area contributed by atoms with E-state index in [9.17, 15) is 9.18 Å². The van der Waals surface area contributed by atoms with Gasteiger partial charge in [0.15, 0.2) is 10.2 Å². The molecule has 0 bridgehead atoms. The van der Waals surface area contributed by atoms with Crippen LogP contribution >= 0.6 is 23.1 Å². The standard InChI is InChI=1S/C17H17FN4OS2/c18-13-4-3-11(21-14(23)15-20-6-7-24-15)8-12(13)17-5-1-2-10(17)9-25-16(19)22-17/h3-4,6-8,10H,1-2,5,9H2,(H2,19,22)(H,21,23). The molecule has 0 radical (unpaired) electrons. The zero-order chi connectivity index (χ0) is 17.4. The van der Waals surface area contributed by atoms with Gasteiger partial charge in [0, 0.05) is 28.6 Å². The minimum atomic E-state index is -0.610. The van der Waals surface area contributed by atoms with Gasteiger partial charge in [0.25, 0.3) is 5.91 Å². The molecule has 8 heteroatoms. The number of aliphatic imine (C=N–C) groups is 1. The summed E-state index contributed by atoms with van der Waals surface area (Å²) in [6.07, 6.45) is 4.37. The van der Waals surface area contributed by atoms with Crippen molar-refractivity contribution in [3.63, 3.8) is 0 Å². The van der Waals surface area contributed by atoms with Crippen LogP contribution in [0.25, 0.3) is 0 Å². The minimum absolute atomic E-state index is 0.268. The van der Waals surface area contributed by atoms with E-state index >= 15 is 0 Å². The molecule has 5 nitrogen and oxygen atoms in total. The van der Waals surface area contributed by atoms with Crippen LogP contribution in [0.1, 0.15) is 34.6 Å². The molecule has 1 amide bonds. The third kappa shape index (κ3) is 2.93. The maximum Gasteiger partial charge on any atom is 0.284 e. The zero-order valence-corrected chi connectivity index (χ0v) is 15.0. The molecule has 1 aliphatic heterocycles. The number of benzene rings is 1. The number of halogens is 1. The van der Waals surface area contributed by atoms with Crippen LogP contribution < -0.4 is 11.1 Å². The summed E-state index contributed by atoms with van der Waals surface area (Å²) in [4.78, 5) is 20.9. The van der Waals surface area contributed by atoms with Crippen LogP contribution in [-0.4, -0.2) is 21.8 Å². The third-order valence-corrected chi connectivity index (χ3v) is 6.57. The predicted molar refractivity (Wildman–Crippen MR) is 99.6 cm³/mol. The lowest BCUT2D eigenvalue weighted by atomic mass is 9.81. The average Bonchev–Trinajstić information content (AvgIpc) is 3.25. The van der Waals surface area contributed by atoms with E-state index in [0.29, 0.717) is 21.4 Å². The van der Waals surface area contributed by atoms with Gasteiger partial charge >= 0.3 is 0 Å². The first kappa shape index (κ1) is 16.5. The number of nitrogens with zero attached hydrogens (tertiary/aromatic N) is 2. The predicted octanol–water partition coefficient (Wildman–Crippen LogP) is 3.59. The van der Waals surface area contributed by atoms with Gasteiger partial charge < -0.3 is 11.1 Å². The lowest BCUT2D eigenvalue weighted by Crippen LogP contribution is -2.37. The molecule has 0 saturated heterocycles. The van der Waals surface area contributed by atoms with Crippen LogP contribution in [0.2, 0.25) is 0 Å². The maximum absolute atomic E-state index is 14.7. The normalized spacial score (nSPS) is 25.3. The van der Waals surface area contributed by atoms with Gasteiger partial charge in [-0.25, -0.2) is 9.37 Å². The smallest absolute Gasteiger partial charge is 0.284 e. The Hall–Kier alpha value is -1.93. The highest BCUT2D eigenvalue weighted by molar-refractivity contribution is 8.13. The second-order valence-corrected chi connectivity index (χ2v) is 8.20. The molecule has 2 aliphatic rings. The van der Waals surface area contributed by atoms with E-state index in [1.807, 2.05) is 0 Å². The first-order valence-electron chi connectivity index (χ1n) is 8.07. The van der Waals surface area contributed by atoms with E-state index in [2.05, 4.69) is 15.3 Å². The van der Waals surface area contributed by atoms with Crippen molar-refractivity contribution in [2.24, 2.45) is 16.6 Å². The lowest BCUT2D eigenvalue weighted by molar-refractivity contribution is 0.102. The number of fused-ring (bicyclic) bond motifs is 1. The van der Waals surface area contributed by atoms with Crippen molar-refractivity contribution in [2.75, 3.05) is 11.1 Å². The van der Waals surface area contributed by atoms with Gasteiger partial charge in [-0.2, -0.15) is 0 Å². The molecular formula is C17H17FN4OS2. The summed E-state index contributed by atoms with van der Waals surface area (Å²) in [5.74, 6) is 0.520. The van der Waals surface area contributed by atoms with Crippen molar-refractivity contribution in [3.8, 4) is 0 Å². The Balaban J connectivity index is 1.70. The molecule has 2 atom stereocenters. The maximum atomic E-state index is 14.7. The van der Waals surface area contributed by atoms with E-state index in [4.69, 9.17) is 5.73 Å². The number of carbonyl (C=O) groups is 1. The van der Waals surface area contributed by atoms with Crippen LogP contribution in [0.15, 0.2) is 34.8 Å². The lowest BCUT2D eigenvalue weighted by Gasteiger charge is -2.36. The molecule has 1 aromatic heterocycles. The van der Waals surface area contributed by atoms with Gasteiger partial charge in [0.1, 0.15) is 5.82 Å². The Labute approximate surface area is 152 Å². The first-order chi connectivity index (χ1) is 12.1.